The minimum absolute atomic E-state index is 0.458. The van der Waals surface area contributed by atoms with Crippen LogP contribution in [0, 0.1) is 0 Å². The number of para-hydroxylation sites is 1. The van der Waals surface area contributed by atoms with Gasteiger partial charge in [0.2, 0.25) is 5.16 Å². The van der Waals surface area contributed by atoms with E-state index in [-0.39, 0.29) is 0 Å². The van der Waals surface area contributed by atoms with Gasteiger partial charge in [0.15, 0.2) is 11.5 Å². The van der Waals surface area contributed by atoms with E-state index >= 15 is 0 Å². The van der Waals surface area contributed by atoms with Gasteiger partial charge in [0.05, 0.1) is 12.3 Å². The first-order chi connectivity index (χ1) is 17.2. The summed E-state index contributed by atoms with van der Waals surface area (Å²) in [6.45, 7) is 4.65. The Morgan fingerprint density at radius 3 is 2.54 bits per heavy atom. The SMILES string of the molecule is CCOc1cc(CNCCCSc2nnnn2-c2ccccc2)ccc1OCc1ccc(Cl)cc1. The molecule has 0 radical (unpaired) electrons. The first-order valence-electron chi connectivity index (χ1n) is 11.5. The molecule has 0 saturated heterocycles. The molecule has 0 aliphatic rings. The molecule has 7 nitrogen and oxygen atoms in total. The number of aromatic nitrogens is 4. The van der Waals surface area contributed by atoms with Crippen LogP contribution in [0.3, 0.4) is 0 Å². The van der Waals surface area contributed by atoms with E-state index in [9.17, 15) is 0 Å². The van der Waals surface area contributed by atoms with Crippen molar-refractivity contribution in [3.8, 4) is 17.2 Å². The number of tetrazole rings is 1. The van der Waals surface area contributed by atoms with Crippen molar-refractivity contribution >= 4 is 23.4 Å². The maximum absolute atomic E-state index is 6.00. The Kier molecular flexibility index (Phi) is 9.39. The first-order valence-corrected chi connectivity index (χ1v) is 12.9. The zero-order chi connectivity index (χ0) is 24.3. The van der Waals surface area contributed by atoms with Crippen molar-refractivity contribution in [3.05, 3.63) is 88.9 Å². The summed E-state index contributed by atoms with van der Waals surface area (Å²) in [6, 6.07) is 23.6. The fraction of sp³-hybridized carbons (Fsp3) is 0.269. The van der Waals surface area contributed by atoms with Crippen molar-refractivity contribution in [2.45, 2.75) is 31.7 Å². The summed E-state index contributed by atoms with van der Waals surface area (Å²) in [6.07, 6.45) is 0.993. The second-order valence-electron chi connectivity index (χ2n) is 7.72. The van der Waals surface area contributed by atoms with Gasteiger partial charge in [-0.15, -0.1) is 5.10 Å². The van der Waals surface area contributed by atoms with E-state index in [1.165, 1.54) is 0 Å². The lowest BCUT2D eigenvalue weighted by Crippen LogP contribution is -2.15. The molecule has 0 atom stereocenters. The van der Waals surface area contributed by atoms with Crippen LogP contribution in [-0.2, 0) is 13.2 Å². The van der Waals surface area contributed by atoms with E-state index < -0.39 is 0 Å². The molecule has 3 aromatic carbocycles. The quantitative estimate of drug-likeness (QED) is 0.187. The van der Waals surface area contributed by atoms with Gasteiger partial charge < -0.3 is 14.8 Å². The van der Waals surface area contributed by atoms with Crippen molar-refractivity contribution in [1.82, 2.24) is 25.5 Å². The molecule has 0 spiro atoms. The maximum atomic E-state index is 6.00. The Hall–Kier alpha value is -3.07. The highest BCUT2D eigenvalue weighted by Crippen LogP contribution is 2.29. The van der Waals surface area contributed by atoms with E-state index in [1.54, 1.807) is 16.4 Å². The Morgan fingerprint density at radius 1 is 0.943 bits per heavy atom. The summed E-state index contributed by atoms with van der Waals surface area (Å²) in [5.74, 6) is 2.41. The van der Waals surface area contributed by atoms with Gasteiger partial charge in [-0.1, -0.05) is 59.8 Å². The lowest BCUT2D eigenvalue weighted by atomic mass is 10.2. The average molecular weight is 510 g/mol. The number of halogens is 1. The number of nitrogens with one attached hydrogen (secondary N) is 1. The summed E-state index contributed by atoms with van der Waals surface area (Å²) < 4.78 is 13.6. The highest BCUT2D eigenvalue weighted by atomic mass is 35.5. The number of ether oxygens (including phenoxy) is 2. The molecule has 1 heterocycles. The third kappa shape index (κ3) is 7.45. The molecule has 4 rings (SSSR count). The second kappa shape index (κ2) is 13.1. The van der Waals surface area contributed by atoms with Crippen LogP contribution in [0.5, 0.6) is 11.5 Å². The van der Waals surface area contributed by atoms with Gasteiger partial charge in [-0.05, 0) is 77.8 Å². The molecule has 1 N–H and O–H groups in total. The van der Waals surface area contributed by atoms with Crippen LogP contribution in [0.25, 0.3) is 5.69 Å². The van der Waals surface area contributed by atoms with E-state index in [2.05, 4.69) is 26.9 Å². The van der Waals surface area contributed by atoms with E-state index in [0.717, 1.165) is 58.7 Å². The van der Waals surface area contributed by atoms with Gasteiger partial charge in [0.25, 0.3) is 0 Å². The van der Waals surface area contributed by atoms with Crippen LogP contribution in [-0.4, -0.2) is 39.1 Å². The lowest BCUT2D eigenvalue weighted by Gasteiger charge is -2.14. The Bertz CT molecular complexity index is 1190. The molecule has 0 aliphatic heterocycles. The van der Waals surface area contributed by atoms with Crippen LogP contribution in [0.2, 0.25) is 5.02 Å². The molecule has 0 bridgehead atoms. The van der Waals surface area contributed by atoms with Gasteiger partial charge in [-0.25, -0.2) is 0 Å². The Balaban J connectivity index is 1.22. The molecule has 0 amide bonds. The van der Waals surface area contributed by atoms with Gasteiger partial charge in [0.1, 0.15) is 6.61 Å². The largest absolute Gasteiger partial charge is 0.490 e. The van der Waals surface area contributed by atoms with Crippen molar-refractivity contribution in [3.63, 3.8) is 0 Å². The Labute approximate surface area is 214 Å². The van der Waals surface area contributed by atoms with Crippen molar-refractivity contribution in [1.29, 1.82) is 0 Å². The zero-order valence-electron chi connectivity index (χ0n) is 19.6. The molecule has 0 saturated carbocycles. The number of hydrogen-bond acceptors (Lipinski definition) is 7. The first kappa shape index (κ1) is 25.0. The minimum atomic E-state index is 0.458. The number of benzene rings is 3. The molecule has 9 heteroatoms. The third-order valence-electron chi connectivity index (χ3n) is 5.12. The van der Waals surface area contributed by atoms with Crippen LogP contribution in [0.4, 0.5) is 0 Å². The van der Waals surface area contributed by atoms with E-state index in [4.69, 9.17) is 21.1 Å². The van der Waals surface area contributed by atoms with Gasteiger partial charge in [0, 0.05) is 17.3 Å². The molecule has 35 heavy (non-hydrogen) atoms. The fourth-order valence-electron chi connectivity index (χ4n) is 3.39. The topological polar surface area (TPSA) is 74.1 Å². The number of rotatable bonds is 13. The highest BCUT2D eigenvalue weighted by Gasteiger charge is 2.09. The van der Waals surface area contributed by atoms with Crippen LogP contribution in [0.1, 0.15) is 24.5 Å². The summed E-state index contributed by atoms with van der Waals surface area (Å²) in [7, 11) is 0. The molecule has 1 aromatic heterocycles. The second-order valence-corrected chi connectivity index (χ2v) is 9.22. The summed E-state index contributed by atoms with van der Waals surface area (Å²) >= 11 is 7.61. The Morgan fingerprint density at radius 2 is 1.74 bits per heavy atom. The molecule has 4 aromatic rings. The van der Waals surface area contributed by atoms with Gasteiger partial charge in [-0.3, -0.25) is 0 Å². The highest BCUT2D eigenvalue weighted by molar-refractivity contribution is 7.99. The minimum Gasteiger partial charge on any atom is -0.490 e. The van der Waals surface area contributed by atoms with Crippen molar-refractivity contribution < 1.29 is 9.47 Å². The summed E-state index contributed by atoms with van der Waals surface area (Å²) in [4.78, 5) is 0. The maximum Gasteiger partial charge on any atom is 0.214 e. The molecule has 0 aliphatic carbocycles. The summed E-state index contributed by atoms with van der Waals surface area (Å²) in [5, 5.41) is 17.1. The predicted octanol–water partition coefficient (Wildman–Crippen LogP) is 5.57. The number of nitrogens with zero attached hydrogens (tertiary/aromatic N) is 4. The van der Waals surface area contributed by atoms with Crippen molar-refractivity contribution in [2.24, 2.45) is 0 Å². The molecule has 0 fully saturated rings. The molecular weight excluding hydrogens is 482 g/mol. The number of thioether (sulfide) groups is 1. The van der Waals surface area contributed by atoms with Crippen LogP contribution >= 0.6 is 23.4 Å². The smallest absolute Gasteiger partial charge is 0.214 e. The molecule has 0 unspecified atom stereocenters. The number of hydrogen-bond donors (Lipinski definition) is 1. The van der Waals surface area contributed by atoms with Gasteiger partial charge >= 0.3 is 0 Å². The monoisotopic (exact) mass is 509 g/mol. The van der Waals surface area contributed by atoms with E-state index in [0.29, 0.717) is 18.2 Å². The third-order valence-corrected chi connectivity index (χ3v) is 6.37. The molecular formula is C26H28ClN5O2S. The molecule has 182 valence electrons. The fourth-order valence-corrected chi connectivity index (χ4v) is 4.34. The lowest BCUT2D eigenvalue weighted by molar-refractivity contribution is 0.269. The van der Waals surface area contributed by atoms with Crippen LogP contribution in [0.15, 0.2) is 78.0 Å². The van der Waals surface area contributed by atoms with E-state index in [1.807, 2.05) is 73.7 Å². The standard InChI is InChI=1S/C26H28ClN5O2S/c1-2-33-25-17-21(11-14-24(25)34-19-20-9-12-22(27)13-10-20)18-28-15-6-16-35-26-29-30-31-32(26)23-7-4-3-5-8-23/h3-5,7-14,17,28H,2,6,15-16,18-19H2,1H3. The predicted molar refractivity (Wildman–Crippen MR) is 140 cm³/mol. The average Bonchev–Trinajstić information content (AvgIpc) is 3.36. The summed E-state index contributed by atoms with van der Waals surface area (Å²) in [5.41, 5.74) is 3.16. The normalized spacial score (nSPS) is 10.9. The zero-order valence-corrected chi connectivity index (χ0v) is 21.1. The van der Waals surface area contributed by atoms with Crippen LogP contribution < -0.4 is 14.8 Å². The van der Waals surface area contributed by atoms with Gasteiger partial charge in [-0.2, -0.15) is 4.68 Å². The van der Waals surface area contributed by atoms with Crippen molar-refractivity contribution in [2.75, 3.05) is 18.9 Å².